The lowest BCUT2D eigenvalue weighted by molar-refractivity contribution is -0.124. The van der Waals surface area contributed by atoms with Crippen molar-refractivity contribution in [2.75, 3.05) is 105 Å². The molecule has 32 nitrogen and oxygen atoms in total. The molecular weight excluding hydrogens is 1830 g/mol. The highest BCUT2D eigenvalue weighted by molar-refractivity contribution is 6.08. The van der Waals surface area contributed by atoms with Gasteiger partial charge in [0.2, 0.25) is 0 Å². The lowest BCUT2D eigenvalue weighted by atomic mass is 10.1. The zero-order chi connectivity index (χ0) is 102. The molecule has 0 unspecified atom stereocenters. The Morgan fingerprint density at radius 3 is 0.465 bits per heavy atom. The summed E-state index contributed by atoms with van der Waals surface area (Å²) in [6.07, 6.45) is 49.0. The Kier molecular flexibility index (Phi) is 55.3. The summed E-state index contributed by atoms with van der Waals surface area (Å²) in [5.74, 6) is -2.45. The van der Waals surface area contributed by atoms with E-state index < -0.39 is 76.5 Å². The smallest absolute Gasteiger partial charge is 0.257 e. The molecule has 9 rings (SSSR count). The first-order valence-electron chi connectivity index (χ1n) is 55.2. The first kappa shape index (κ1) is 116. The number of rotatable bonds is 80. The summed E-state index contributed by atoms with van der Waals surface area (Å²) >= 11 is 0. The van der Waals surface area contributed by atoms with Gasteiger partial charge in [0.05, 0.1) is 0 Å². The van der Waals surface area contributed by atoms with Gasteiger partial charge in [0.25, 0.3) is 47.3 Å². The van der Waals surface area contributed by atoms with Crippen molar-refractivity contribution in [2.24, 2.45) is 0 Å². The topological polar surface area (TPSA) is 416 Å². The van der Waals surface area contributed by atoms with E-state index in [-0.39, 0.29) is 116 Å². The number of unbranched alkanes of at least 4 members (excludes halogenated alkanes) is 40. The van der Waals surface area contributed by atoms with Gasteiger partial charge >= 0.3 is 0 Å². The van der Waals surface area contributed by atoms with Gasteiger partial charge in [-0.15, -0.1) is 0 Å². The van der Waals surface area contributed by atoms with Crippen LogP contribution in [0.25, 0.3) is 89.7 Å². The fraction of sp³-hybridized carbons (Fsp3) is 0.643. The number of aromatic nitrogens is 8. The molecule has 0 atom stereocenters. The van der Waals surface area contributed by atoms with E-state index in [1.54, 1.807) is 48.5 Å². The van der Waals surface area contributed by atoms with Crippen molar-refractivity contribution in [1.82, 2.24) is 82.4 Å². The zero-order valence-electron chi connectivity index (χ0n) is 88.1. The van der Waals surface area contributed by atoms with Crippen molar-refractivity contribution in [3.63, 3.8) is 0 Å². The van der Waals surface area contributed by atoms with Gasteiger partial charge in [-0.3, -0.25) is 38.4 Å². The van der Waals surface area contributed by atoms with Crippen LogP contribution in [0, 0.1) is 0 Å². The van der Waals surface area contributed by atoms with E-state index in [0.717, 1.165) is 308 Å². The van der Waals surface area contributed by atoms with Gasteiger partial charge in [0, 0.05) is 96.2 Å². The fourth-order valence-electron chi connectivity index (χ4n) is 17.3. The highest BCUT2D eigenvalue weighted by atomic mass is 16.5. The molecule has 0 saturated carbocycles. The number of carbonyl (C=O) groups is 8. The lowest BCUT2D eigenvalue weighted by Crippen LogP contribution is -2.30. The van der Waals surface area contributed by atoms with Crippen LogP contribution in [0.15, 0.2) is 48.5 Å². The molecule has 0 aliphatic carbocycles. The van der Waals surface area contributed by atoms with Crippen molar-refractivity contribution in [1.29, 1.82) is 0 Å². The molecule has 0 spiro atoms. The number of benzene rings is 4. The molecule has 0 saturated heterocycles. The third-order valence-electron chi connectivity index (χ3n) is 25.8. The zero-order valence-corrected chi connectivity index (χ0v) is 88.1. The predicted molar refractivity (Wildman–Crippen MR) is 571 cm³/mol. The highest BCUT2D eigenvalue weighted by Gasteiger charge is 2.30. The average molecular weight is 2000 g/mol. The average Bonchev–Trinajstić information content (AvgIpc) is 1.58. The van der Waals surface area contributed by atoms with Crippen molar-refractivity contribution in [3.05, 3.63) is 48.5 Å². The summed E-state index contributed by atoms with van der Waals surface area (Å²) in [6, 6.07) is 13.2. The standard InChI is InChI=1S/C112H170N16O16/c1-9-17-25-33-41-49-57-113-97(129)73-137-89-65-81-82(66-90(89)138-74-98(130)114-58-50-42-34-26-18-10-2)106-121-105(81)125-107-83-67-91(139-75-99(131)115-59-51-43-35-27-19-11-3)92(140-76-100(132)116-60-52-44-36-28-20-12-4)68-84(83)109(122-107)127-111-87-71-95(143-79-103(135)119-63-55-47-39-31-23-15-7)96(144-80-104(136)120-64-56-48-40-32-24-16-8)72-88(87)112(124-111)128-110-86-70-94(142-78-102(134)118-62-54-46-38-30-22-14-6)93(69-85(86)108(123-110)126-106)141-77-101(133)117-61-53-45-37-29-21-13-5/h65-72H,9-64,73-80H2,1-8H3,(H,113,129)(H,114,130)(H,115,131)(H,116,132)(H,117,133)(H,118,134)(H,119,135)(H,120,136)(H2,121,122,123,124,125,126,127,128). The maximum absolute atomic E-state index is 14.0. The summed E-state index contributed by atoms with van der Waals surface area (Å²) in [6.45, 7) is 17.2. The van der Waals surface area contributed by atoms with E-state index >= 15 is 0 Å². The molecule has 3 aromatic heterocycles. The van der Waals surface area contributed by atoms with Crippen molar-refractivity contribution in [2.45, 2.75) is 364 Å². The fourth-order valence-corrected chi connectivity index (χ4v) is 17.3. The van der Waals surface area contributed by atoms with Gasteiger partial charge in [-0.05, 0) is 99.9 Å². The molecule has 794 valence electrons. The number of H-pyrrole nitrogens is 2. The minimum absolute atomic E-state index is 0.0351. The van der Waals surface area contributed by atoms with E-state index in [2.05, 4.69) is 108 Å². The number of aromatic amines is 2. The first-order chi connectivity index (χ1) is 70.5. The summed E-state index contributed by atoms with van der Waals surface area (Å²) in [5.41, 5.74) is 1.77. The number of carbonyl (C=O) groups excluding carboxylic acids is 8. The minimum Gasteiger partial charge on any atom is -0.480 e. The van der Waals surface area contributed by atoms with Crippen LogP contribution in [0.5, 0.6) is 46.0 Å². The lowest BCUT2D eigenvalue weighted by Gasteiger charge is -2.15. The number of nitrogens with one attached hydrogen (secondary N) is 10. The Balaban J connectivity index is 1.33. The van der Waals surface area contributed by atoms with E-state index in [0.29, 0.717) is 96.2 Å². The predicted octanol–water partition coefficient (Wildman–Crippen LogP) is 21.7. The molecule has 8 bridgehead atoms. The third kappa shape index (κ3) is 41.9. The largest absolute Gasteiger partial charge is 0.480 e. The molecule has 0 radical (unpaired) electrons. The van der Waals surface area contributed by atoms with Gasteiger partial charge in [0.15, 0.2) is 122 Å². The van der Waals surface area contributed by atoms with E-state index in [9.17, 15) is 38.4 Å². The Labute approximate surface area is 854 Å². The second-order valence-corrected chi connectivity index (χ2v) is 38.2. The maximum Gasteiger partial charge on any atom is 0.257 e. The van der Waals surface area contributed by atoms with Gasteiger partial charge in [-0.1, -0.05) is 312 Å². The third-order valence-corrected chi connectivity index (χ3v) is 25.8. The number of hydrogen-bond donors (Lipinski definition) is 10. The summed E-state index contributed by atoms with van der Waals surface area (Å²) in [4.78, 5) is 152. The molecule has 8 amide bonds. The van der Waals surface area contributed by atoms with Crippen LogP contribution in [0.2, 0.25) is 0 Å². The van der Waals surface area contributed by atoms with Crippen LogP contribution < -0.4 is 80.4 Å². The molecule has 0 fully saturated rings. The van der Waals surface area contributed by atoms with Crippen LogP contribution >= 0.6 is 0 Å². The second kappa shape index (κ2) is 68.7. The molecule has 7 aromatic rings. The summed E-state index contributed by atoms with van der Waals surface area (Å²) in [7, 11) is 0. The monoisotopic (exact) mass is 2000 g/mol. The molecule has 10 N–H and O–H groups in total. The van der Waals surface area contributed by atoms with Crippen LogP contribution in [0.1, 0.15) is 364 Å². The van der Waals surface area contributed by atoms with Gasteiger partial charge in [-0.25, -0.2) is 29.9 Å². The molecular formula is C112H170N16O16. The van der Waals surface area contributed by atoms with Crippen LogP contribution in [-0.2, 0) is 38.4 Å². The number of ether oxygens (including phenoxy) is 8. The van der Waals surface area contributed by atoms with Crippen molar-refractivity contribution in [3.8, 4) is 91.5 Å². The van der Waals surface area contributed by atoms with Gasteiger partial charge in [0.1, 0.15) is 22.6 Å². The Hall–Kier alpha value is -11.6. The molecule has 144 heavy (non-hydrogen) atoms. The first-order valence-corrected chi connectivity index (χ1v) is 55.2. The normalized spacial score (nSPS) is 11.4. The Morgan fingerprint density at radius 2 is 0.319 bits per heavy atom. The number of fused-ring (bicyclic) bond motifs is 20. The molecule has 4 aromatic carbocycles. The number of nitrogens with zero attached hydrogens (tertiary/aromatic N) is 6. The number of hydrogen-bond acceptors (Lipinski definition) is 22. The second-order valence-electron chi connectivity index (χ2n) is 38.2. The van der Waals surface area contributed by atoms with Crippen molar-refractivity contribution >= 4 is 91.4 Å². The Morgan fingerprint density at radius 1 is 0.188 bits per heavy atom. The van der Waals surface area contributed by atoms with E-state index in [1.165, 1.54) is 0 Å². The van der Waals surface area contributed by atoms with Crippen LogP contribution in [0.4, 0.5) is 0 Å². The van der Waals surface area contributed by atoms with Crippen LogP contribution in [-0.4, -0.2) is 192 Å². The molecule has 32 heteroatoms. The maximum atomic E-state index is 14.0. The highest BCUT2D eigenvalue weighted by Crippen LogP contribution is 2.47. The van der Waals surface area contributed by atoms with E-state index in [1.807, 2.05) is 0 Å². The minimum atomic E-state index is -0.447. The van der Waals surface area contributed by atoms with Crippen molar-refractivity contribution < 1.29 is 76.3 Å². The van der Waals surface area contributed by atoms with Crippen LogP contribution in [0.3, 0.4) is 0 Å². The van der Waals surface area contributed by atoms with Gasteiger partial charge in [-0.2, -0.15) is 0 Å². The number of amides is 8. The quantitative estimate of drug-likeness (QED) is 0.0158. The van der Waals surface area contributed by atoms with Gasteiger partial charge < -0.3 is 90.4 Å². The Bertz CT molecular complexity index is 4630. The summed E-state index contributed by atoms with van der Waals surface area (Å²) < 4.78 is 52.4. The summed E-state index contributed by atoms with van der Waals surface area (Å²) in [5, 5.41) is 25.6. The SMILES string of the molecule is CCCCCCCCNC(=O)COc1cc2c(cc1OCC(=O)NCCCCCCCC)-c1nc-2nc2[nH]c(nc3nc(nc4[nH]c(n1)c1cc(OCC(=O)NCCCCCCCC)c(OCC(=O)NCCCCCCCC)cc41)-c1cc(OCC(=O)NCCCCCCCC)c(OCC(=O)NCCCCCCCC)cc1-3)c1cc(OCC(=O)NCCCCCCCC)c(OCC(=O)NCCCCCCCC)cc21. The molecule has 2 aliphatic rings. The molecule has 2 aliphatic heterocycles. The molecule has 5 heterocycles. The van der Waals surface area contributed by atoms with E-state index in [4.69, 9.17) is 67.8 Å².